The standard InChI is InChI=1S/C47H53N7O5/c1-6-25-52-32-44(57)53-41(28-34-15-22-38(55)23-16-34)47(59)51(31-42(53)54(52)43(56)24-17-33-11-8-7-9-12-33)29-37-13-10-14-39-40(30-50(5)45(37)39)35-18-20-36(21-19-35)46(58)49(4)27-26-48(2)3/h6-16,18-23,30,41-42,55H,1,17,24-29,31-32H2,2-5H3/t41-,42-/m0/s1. The highest BCUT2D eigenvalue weighted by Gasteiger charge is 2.51. The monoisotopic (exact) mass is 795 g/mol. The van der Waals surface area contributed by atoms with Gasteiger partial charge in [0.05, 0.1) is 18.6 Å². The number of phenolic OH excluding ortho intramolecular Hbond substituents is 1. The number of carbonyl (C=O) groups excluding carboxylic acids is 4. The zero-order valence-corrected chi connectivity index (χ0v) is 34.3. The topological polar surface area (TPSA) is 113 Å². The molecule has 0 bridgehead atoms. The molecule has 1 aromatic heterocycles. The molecule has 0 radical (unpaired) electrons. The lowest BCUT2D eigenvalue weighted by Gasteiger charge is -2.55. The average molecular weight is 796 g/mol. The molecule has 2 aliphatic heterocycles. The van der Waals surface area contributed by atoms with Gasteiger partial charge in [0.2, 0.25) is 17.7 Å². The molecule has 0 aliphatic carbocycles. The van der Waals surface area contributed by atoms with Gasteiger partial charge in [0.15, 0.2) is 0 Å². The number of likely N-dealkylation sites (N-methyl/N-ethyl adjacent to an activating group) is 2. The molecular weight excluding hydrogens is 743 g/mol. The summed E-state index contributed by atoms with van der Waals surface area (Å²) in [5.41, 5.74) is 6.28. The van der Waals surface area contributed by atoms with Gasteiger partial charge in [0.25, 0.3) is 5.91 Å². The van der Waals surface area contributed by atoms with E-state index in [1.807, 2.05) is 99.8 Å². The highest BCUT2D eigenvalue weighted by molar-refractivity contribution is 5.99. The molecule has 7 rings (SSSR count). The Morgan fingerprint density at radius 2 is 1.61 bits per heavy atom. The summed E-state index contributed by atoms with van der Waals surface area (Å²) in [6.07, 6.45) is 3.98. The summed E-state index contributed by atoms with van der Waals surface area (Å²) in [6, 6.07) is 29.4. The molecule has 2 atom stereocenters. The minimum atomic E-state index is -0.882. The number of rotatable bonds is 14. The Kier molecular flexibility index (Phi) is 12.3. The van der Waals surface area contributed by atoms with Crippen LogP contribution >= 0.6 is 0 Å². The number of aryl methyl sites for hydroxylation is 2. The molecule has 2 fully saturated rings. The second-order valence-electron chi connectivity index (χ2n) is 15.8. The third-order valence-corrected chi connectivity index (χ3v) is 11.4. The number of aromatic nitrogens is 1. The summed E-state index contributed by atoms with van der Waals surface area (Å²) in [4.78, 5) is 63.5. The number of hydrazine groups is 1. The Hall–Kier alpha value is -6.24. The first-order valence-electron chi connectivity index (χ1n) is 20.1. The van der Waals surface area contributed by atoms with E-state index in [1.54, 1.807) is 55.1 Å². The third kappa shape index (κ3) is 8.79. The van der Waals surface area contributed by atoms with Crippen molar-refractivity contribution in [3.8, 4) is 16.9 Å². The van der Waals surface area contributed by atoms with Crippen molar-refractivity contribution < 1.29 is 24.3 Å². The smallest absolute Gasteiger partial charge is 0.253 e. The molecular formula is C47H53N7O5. The van der Waals surface area contributed by atoms with Crippen molar-refractivity contribution in [2.45, 2.75) is 38.0 Å². The summed E-state index contributed by atoms with van der Waals surface area (Å²) in [6.45, 7) is 5.91. The van der Waals surface area contributed by atoms with E-state index in [0.717, 1.165) is 45.3 Å². The Bertz CT molecular complexity index is 2320. The van der Waals surface area contributed by atoms with Crippen molar-refractivity contribution >= 4 is 34.5 Å². The molecule has 0 saturated carbocycles. The lowest BCUT2D eigenvalue weighted by Crippen LogP contribution is -2.75. The number of amides is 4. The summed E-state index contributed by atoms with van der Waals surface area (Å²) in [5.74, 6) is -0.509. The van der Waals surface area contributed by atoms with Crippen LogP contribution in [0.15, 0.2) is 116 Å². The van der Waals surface area contributed by atoms with Crippen molar-refractivity contribution in [3.63, 3.8) is 0 Å². The Morgan fingerprint density at radius 1 is 0.881 bits per heavy atom. The van der Waals surface area contributed by atoms with Crippen LogP contribution < -0.4 is 0 Å². The van der Waals surface area contributed by atoms with Crippen LogP contribution in [0.1, 0.15) is 33.5 Å². The molecule has 0 spiro atoms. The molecule has 2 aliphatic rings. The van der Waals surface area contributed by atoms with Crippen LogP contribution in [0.4, 0.5) is 0 Å². The molecule has 4 aromatic carbocycles. The van der Waals surface area contributed by atoms with Gasteiger partial charge >= 0.3 is 0 Å². The van der Waals surface area contributed by atoms with Gasteiger partial charge in [-0.05, 0) is 67.0 Å². The molecule has 0 unspecified atom stereocenters. The molecule has 1 N–H and O–H groups in total. The summed E-state index contributed by atoms with van der Waals surface area (Å²) >= 11 is 0. The van der Waals surface area contributed by atoms with E-state index >= 15 is 0 Å². The van der Waals surface area contributed by atoms with E-state index in [0.29, 0.717) is 18.5 Å². The number of hydrogen-bond acceptors (Lipinski definition) is 7. The van der Waals surface area contributed by atoms with Crippen molar-refractivity contribution in [2.24, 2.45) is 7.05 Å². The molecule has 306 valence electrons. The zero-order chi connectivity index (χ0) is 41.8. The predicted molar refractivity (Wildman–Crippen MR) is 229 cm³/mol. The summed E-state index contributed by atoms with van der Waals surface area (Å²) < 4.78 is 2.07. The molecule has 5 aromatic rings. The number of carbonyl (C=O) groups is 4. The average Bonchev–Trinajstić information content (AvgIpc) is 3.58. The van der Waals surface area contributed by atoms with E-state index in [2.05, 4.69) is 23.4 Å². The Labute approximate surface area is 346 Å². The van der Waals surface area contributed by atoms with E-state index in [4.69, 9.17) is 0 Å². The van der Waals surface area contributed by atoms with Crippen LogP contribution in [0.3, 0.4) is 0 Å². The number of piperazine rings is 1. The normalized spacial score (nSPS) is 17.1. The lowest BCUT2D eigenvalue weighted by molar-refractivity contribution is -0.205. The van der Waals surface area contributed by atoms with Crippen LogP contribution in [0, 0.1) is 0 Å². The first-order valence-corrected chi connectivity index (χ1v) is 20.1. The van der Waals surface area contributed by atoms with Crippen molar-refractivity contribution in [1.29, 1.82) is 0 Å². The van der Waals surface area contributed by atoms with Gasteiger partial charge in [0, 0.05) is 75.8 Å². The first-order chi connectivity index (χ1) is 28.4. The van der Waals surface area contributed by atoms with Crippen molar-refractivity contribution in [3.05, 3.63) is 138 Å². The van der Waals surface area contributed by atoms with Gasteiger partial charge < -0.3 is 29.3 Å². The molecule has 59 heavy (non-hydrogen) atoms. The maximum atomic E-state index is 14.8. The Morgan fingerprint density at radius 3 is 2.31 bits per heavy atom. The quantitative estimate of drug-likeness (QED) is 0.155. The van der Waals surface area contributed by atoms with Crippen molar-refractivity contribution in [2.75, 3.05) is 53.9 Å². The van der Waals surface area contributed by atoms with E-state index < -0.39 is 12.2 Å². The van der Waals surface area contributed by atoms with Crippen LogP contribution in [0.25, 0.3) is 22.0 Å². The molecule has 4 amide bonds. The molecule has 2 saturated heterocycles. The highest BCUT2D eigenvalue weighted by Crippen LogP contribution is 2.35. The number of nitrogens with zero attached hydrogens (tertiary/aromatic N) is 7. The van der Waals surface area contributed by atoms with Crippen LogP contribution in [-0.2, 0) is 40.8 Å². The number of fused-ring (bicyclic) bond motifs is 2. The van der Waals surface area contributed by atoms with Crippen LogP contribution in [-0.4, -0.2) is 129 Å². The number of phenols is 1. The van der Waals surface area contributed by atoms with Gasteiger partial charge in [-0.15, -0.1) is 6.58 Å². The van der Waals surface area contributed by atoms with E-state index in [9.17, 15) is 24.3 Å². The fourth-order valence-corrected chi connectivity index (χ4v) is 8.35. The molecule has 3 heterocycles. The summed E-state index contributed by atoms with van der Waals surface area (Å²) in [7, 11) is 7.77. The Balaban J connectivity index is 1.21. The van der Waals surface area contributed by atoms with Gasteiger partial charge in [-0.2, -0.15) is 0 Å². The number of para-hydroxylation sites is 1. The second-order valence-corrected chi connectivity index (χ2v) is 15.8. The lowest BCUT2D eigenvalue weighted by atomic mass is 9.97. The number of aromatic hydroxyl groups is 1. The van der Waals surface area contributed by atoms with E-state index in [-0.39, 0.29) is 68.4 Å². The second kappa shape index (κ2) is 17.7. The minimum absolute atomic E-state index is 0.0316. The van der Waals surface area contributed by atoms with E-state index in [1.165, 1.54) is 0 Å². The van der Waals surface area contributed by atoms with Gasteiger partial charge in [-0.25, -0.2) is 10.0 Å². The minimum Gasteiger partial charge on any atom is -0.508 e. The van der Waals surface area contributed by atoms with Gasteiger partial charge in [-0.1, -0.05) is 78.9 Å². The first kappa shape index (κ1) is 40.9. The summed E-state index contributed by atoms with van der Waals surface area (Å²) in [5, 5.41) is 14.5. The fourth-order valence-electron chi connectivity index (χ4n) is 8.35. The fraction of sp³-hybridized carbons (Fsp3) is 0.319. The third-order valence-electron chi connectivity index (χ3n) is 11.4. The number of hydrogen-bond donors (Lipinski definition) is 1. The predicted octanol–water partition coefficient (Wildman–Crippen LogP) is 5.17. The molecule has 12 nitrogen and oxygen atoms in total. The highest BCUT2D eigenvalue weighted by atomic mass is 16.3. The maximum Gasteiger partial charge on any atom is 0.253 e. The molecule has 12 heteroatoms. The number of benzene rings is 4. The van der Waals surface area contributed by atoms with Gasteiger partial charge in [-0.3, -0.25) is 19.2 Å². The zero-order valence-electron chi connectivity index (χ0n) is 34.3. The largest absolute Gasteiger partial charge is 0.508 e. The van der Waals surface area contributed by atoms with Crippen molar-refractivity contribution in [1.82, 2.24) is 34.2 Å². The van der Waals surface area contributed by atoms with Gasteiger partial charge in [0.1, 0.15) is 18.0 Å². The SMILES string of the molecule is C=CCN1CC(=O)N2[C@@H](Cc3ccc(O)cc3)C(=O)N(Cc3cccc4c(-c5ccc(C(=O)N(C)CCN(C)C)cc5)cn(C)c34)C[C@@H]2N1C(=O)CCc1ccccc1. The maximum absolute atomic E-state index is 14.8. The van der Waals surface area contributed by atoms with Crippen LogP contribution in [0.2, 0.25) is 0 Å². The van der Waals surface area contributed by atoms with Crippen LogP contribution in [0.5, 0.6) is 5.75 Å².